The molecule has 7 heteroatoms. The highest BCUT2D eigenvalue weighted by molar-refractivity contribution is 6.03. The molecule has 0 radical (unpaired) electrons. The van der Waals surface area contributed by atoms with E-state index >= 15 is 0 Å². The zero-order valence-corrected chi connectivity index (χ0v) is 25.9. The van der Waals surface area contributed by atoms with E-state index in [-0.39, 0.29) is 17.4 Å². The first-order valence-electron chi connectivity index (χ1n) is 16.0. The number of hydrogen-bond donors (Lipinski definition) is 1. The molecule has 0 saturated heterocycles. The van der Waals surface area contributed by atoms with Gasteiger partial charge in [-0.15, -0.1) is 0 Å². The molecule has 0 bridgehead atoms. The van der Waals surface area contributed by atoms with Gasteiger partial charge in [0.1, 0.15) is 0 Å². The van der Waals surface area contributed by atoms with E-state index in [4.69, 9.17) is 0 Å². The Morgan fingerprint density at radius 1 is 0.915 bits per heavy atom. The number of hydrogen-bond acceptors (Lipinski definition) is 6. The first kappa shape index (κ1) is 30.0. The molecule has 0 spiro atoms. The number of benzene rings is 4. The highest BCUT2D eigenvalue weighted by Gasteiger charge is 2.35. The number of non-ortho nitro benzene ring substituents is 1. The number of nitrogens with one attached hydrogen (secondary N) is 1. The van der Waals surface area contributed by atoms with E-state index in [1.807, 2.05) is 54.9 Å². The largest absolute Gasteiger partial charge is 0.360 e. The lowest BCUT2D eigenvalue weighted by molar-refractivity contribution is -0.384. The number of nitro groups is 1. The highest BCUT2D eigenvalue weighted by Crippen LogP contribution is 2.47. The van der Waals surface area contributed by atoms with Crippen LogP contribution in [0.2, 0.25) is 0 Å². The van der Waals surface area contributed by atoms with Crippen molar-refractivity contribution in [2.24, 2.45) is 4.99 Å². The Balaban J connectivity index is 0.000000269. The lowest BCUT2D eigenvalue weighted by atomic mass is 9.69. The number of carbonyl (C=O) groups excluding carboxylic acids is 1. The molecule has 5 aromatic rings. The predicted octanol–water partition coefficient (Wildman–Crippen LogP) is 9.17. The fraction of sp³-hybridized carbons (Fsp3) is 0.175. The average molecular weight is 619 g/mol. The van der Waals surface area contributed by atoms with Gasteiger partial charge in [0.25, 0.3) is 5.69 Å². The highest BCUT2D eigenvalue weighted by atomic mass is 16.6. The molecule has 0 fully saturated rings. The third-order valence-corrected chi connectivity index (χ3v) is 9.32. The number of Topliss-reactive ketones (excluding diaryl/α,β-unsaturated/α-hetero) is 1. The van der Waals surface area contributed by atoms with Crippen LogP contribution in [-0.4, -0.2) is 21.9 Å². The van der Waals surface area contributed by atoms with Gasteiger partial charge in [0, 0.05) is 42.5 Å². The van der Waals surface area contributed by atoms with Gasteiger partial charge < -0.3 is 5.32 Å². The zero-order chi connectivity index (χ0) is 32.2. The summed E-state index contributed by atoms with van der Waals surface area (Å²) >= 11 is 0. The Hall–Kier alpha value is -5.69. The number of allylic oxidation sites excluding steroid dienone is 1. The summed E-state index contributed by atoms with van der Waals surface area (Å²) in [6.45, 7) is 0. The maximum Gasteiger partial charge on any atom is 0.269 e. The number of carbonyl (C=O) groups is 1. The molecule has 2 aliphatic carbocycles. The third kappa shape index (κ3) is 6.25. The number of aromatic nitrogens is 1. The van der Waals surface area contributed by atoms with Crippen molar-refractivity contribution in [3.8, 4) is 11.1 Å². The van der Waals surface area contributed by atoms with Crippen LogP contribution in [0, 0.1) is 10.1 Å². The van der Waals surface area contributed by atoms with Gasteiger partial charge in [0.15, 0.2) is 5.78 Å². The lowest BCUT2D eigenvalue weighted by Gasteiger charge is -2.34. The standard InChI is InChI=1S/C31H26N2O3.C9H8N2/c34-31(21-10-12-24(13-11-21)33(35)36)29-18-23-6-1-2-8-25(23)28-15-14-26-22(7-3-9-27(26)30(28)29)17-20-5-4-16-32-19-20;1-2-5-9-8(4-1)10-6-3-7-11-9/h1-2,4-6,8,10-16,19,22,29H,3,7,9,17-18H2;1-7,10H. The Labute approximate surface area is 273 Å². The van der Waals surface area contributed by atoms with Crippen LogP contribution >= 0.6 is 0 Å². The van der Waals surface area contributed by atoms with E-state index in [0.717, 1.165) is 48.2 Å². The molecular weight excluding hydrogens is 584 g/mol. The Morgan fingerprint density at radius 3 is 2.57 bits per heavy atom. The normalized spacial score (nSPS) is 16.9. The first-order chi connectivity index (χ1) is 23.1. The summed E-state index contributed by atoms with van der Waals surface area (Å²) in [6.07, 6.45) is 14.0. The second-order valence-electron chi connectivity index (χ2n) is 12.1. The van der Waals surface area contributed by atoms with Crippen molar-refractivity contribution in [3.05, 3.63) is 165 Å². The smallest absolute Gasteiger partial charge is 0.269 e. The number of pyridine rings is 1. The van der Waals surface area contributed by atoms with Crippen LogP contribution in [0.3, 0.4) is 0 Å². The molecule has 4 aromatic carbocycles. The molecule has 2 unspecified atom stereocenters. The summed E-state index contributed by atoms with van der Waals surface area (Å²) in [4.78, 5) is 33.1. The molecule has 47 heavy (non-hydrogen) atoms. The maximum atomic E-state index is 13.9. The van der Waals surface area contributed by atoms with Crippen molar-refractivity contribution in [1.82, 2.24) is 4.98 Å². The second kappa shape index (κ2) is 13.3. The lowest BCUT2D eigenvalue weighted by Crippen LogP contribution is -2.24. The van der Waals surface area contributed by atoms with Gasteiger partial charge in [-0.2, -0.15) is 0 Å². The van der Waals surface area contributed by atoms with E-state index in [1.54, 1.807) is 24.5 Å². The van der Waals surface area contributed by atoms with Gasteiger partial charge in [-0.25, -0.2) is 0 Å². The number of nitrogens with zero attached hydrogens (tertiary/aromatic N) is 3. The van der Waals surface area contributed by atoms with Crippen molar-refractivity contribution in [2.45, 2.75) is 43.9 Å². The minimum absolute atomic E-state index is 0.00318. The number of para-hydroxylation sites is 2. The zero-order valence-electron chi connectivity index (χ0n) is 25.9. The first-order valence-corrected chi connectivity index (χ1v) is 16.0. The van der Waals surface area contributed by atoms with E-state index in [2.05, 4.69) is 51.7 Å². The summed E-state index contributed by atoms with van der Waals surface area (Å²) in [6, 6.07) is 31.0. The van der Waals surface area contributed by atoms with Crippen molar-refractivity contribution in [2.75, 3.05) is 5.32 Å². The number of fused-ring (bicyclic) bond motifs is 6. The minimum atomic E-state index is -0.431. The van der Waals surface area contributed by atoms with Crippen molar-refractivity contribution in [3.63, 3.8) is 0 Å². The third-order valence-electron chi connectivity index (χ3n) is 9.32. The van der Waals surface area contributed by atoms with Gasteiger partial charge in [0.05, 0.1) is 22.2 Å². The number of nitro benzene ring substituents is 1. The van der Waals surface area contributed by atoms with E-state index in [1.165, 1.54) is 39.9 Å². The molecule has 3 aliphatic rings. The topological polar surface area (TPSA) is 97.5 Å². The fourth-order valence-electron chi connectivity index (χ4n) is 7.14. The molecule has 232 valence electrons. The van der Waals surface area contributed by atoms with Crippen molar-refractivity contribution in [1.29, 1.82) is 0 Å². The average Bonchev–Trinajstić information content (AvgIpc) is 3.37. The maximum absolute atomic E-state index is 13.9. The molecular formula is C40H34N4O3. The molecule has 2 atom stereocenters. The van der Waals surface area contributed by atoms with Gasteiger partial charge in [-0.1, -0.05) is 54.6 Å². The van der Waals surface area contributed by atoms with Crippen LogP contribution in [0.5, 0.6) is 0 Å². The molecule has 0 saturated carbocycles. The van der Waals surface area contributed by atoms with E-state index in [9.17, 15) is 14.9 Å². The number of anilines is 1. The second-order valence-corrected chi connectivity index (χ2v) is 12.1. The van der Waals surface area contributed by atoms with Gasteiger partial charge in [-0.05, 0) is 113 Å². The molecule has 8 rings (SSSR count). The fourth-order valence-corrected chi connectivity index (χ4v) is 7.14. The SMILES string of the molecule is C1=CNc2ccccc2N=C1.O=C(c1ccc([N+](=O)[O-])cc1)C1Cc2ccccc2-c2ccc3c(c21)CCCC3Cc1cccnc1. The number of ketones is 1. The molecule has 1 N–H and O–H groups in total. The predicted molar refractivity (Wildman–Crippen MR) is 187 cm³/mol. The quantitative estimate of drug-likeness (QED) is 0.120. The monoisotopic (exact) mass is 618 g/mol. The molecule has 1 aromatic heterocycles. The molecule has 7 nitrogen and oxygen atoms in total. The summed E-state index contributed by atoms with van der Waals surface area (Å²) in [5.41, 5.74) is 11.2. The van der Waals surface area contributed by atoms with Crippen LogP contribution in [0.15, 0.2) is 127 Å². The van der Waals surface area contributed by atoms with Crippen LogP contribution in [-0.2, 0) is 19.3 Å². The Morgan fingerprint density at radius 2 is 1.74 bits per heavy atom. The van der Waals surface area contributed by atoms with Crippen molar-refractivity contribution < 1.29 is 9.72 Å². The Kier molecular flexibility index (Phi) is 8.52. The summed E-state index contributed by atoms with van der Waals surface area (Å²) < 4.78 is 0. The number of aliphatic imine (C=N–C) groups is 1. The van der Waals surface area contributed by atoms with Gasteiger partial charge >= 0.3 is 0 Å². The van der Waals surface area contributed by atoms with Gasteiger partial charge in [-0.3, -0.25) is 24.9 Å². The summed E-state index contributed by atoms with van der Waals surface area (Å²) in [7, 11) is 0. The van der Waals surface area contributed by atoms with Crippen LogP contribution < -0.4 is 5.32 Å². The van der Waals surface area contributed by atoms with Crippen LogP contribution in [0.1, 0.15) is 62.9 Å². The van der Waals surface area contributed by atoms with Crippen molar-refractivity contribution >= 4 is 29.1 Å². The van der Waals surface area contributed by atoms with Crippen LogP contribution in [0.25, 0.3) is 11.1 Å². The van der Waals surface area contributed by atoms with Crippen LogP contribution in [0.4, 0.5) is 17.1 Å². The number of rotatable bonds is 5. The van der Waals surface area contributed by atoms with Gasteiger partial charge in [0.2, 0.25) is 0 Å². The molecule has 0 amide bonds. The summed E-state index contributed by atoms with van der Waals surface area (Å²) in [5.74, 6) is 0.127. The van der Waals surface area contributed by atoms with E-state index < -0.39 is 4.92 Å². The van der Waals surface area contributed by atoms with E-state index in [0.29, 0.717) is 17.9 Å². The minimum Gasteiger partial charge on any atom is -0.360 e. The molecule has 2 heterocycles. The Bertz CT molecular complexity index is 2000. The molecule has 1 aliphatic heterocycles. The summed E-state index contributed by atoms with van der Waals surface area (Å²) in [5, 5.41) is 14.2.